The second-order valence-electron chi connectivity index (χ2n) is 5.81. The van der Waals surface area contributed by atoms with Crippen molar-refractivity contribution in [3.05, 3.63) is 34.9 Å². The van der Waals surface area contributed by atoms with Crippen LogP contribution in [0, 0.1) is 0 Å². The number of hydrogen-bond donors (Lipinski definition) is 1. The van der Waals surface area contributed by atoms with Crippen LogP contribution in [-0.4, -0.2) is 13.0 Å². The van der Waals surface area contributed by atoms with Gasteiger partial charge in [0.1, 0.15) is 0 Å². The van der Waals surface area contributed by atoms with Gasteiger partial charge in [-0.3, -0.25) is 4.55 Å². The van der Waals surface area contributed by atoms with E-state index in [4.69, 9.17) is 13.0 Å². The number of hydrogen-bond acceptors (Lipinski definition) is 2. The fourth-order valence-corrected chi connectivity index (χ4v) is 1.70. The van der Waals surface area contributed by atoms with Crippen LogP contribution in [0.5, 0.6) is 0 Å². The highest BCUT2D eigenvalue weighted by molar-refractivity contribution is 8.09. The lowest BCUT2D eigenvalue weighted by Crippen LogP contribution is -1.98. The standard InChI is InChI=1S/C15H24.ClHO3S/c1-10(2)13-7-14(11(3)4)9-15(8-13)12(5)6;1-5(2,3)4/h7-12H,1-6H3;(H,2,3,4). The van der Waals surface area contributed by atoms with Crippen molar-refractivity contribution in [2.45, 2.75) is 59.3 Å². The molecule has 116 valence electrons. The first-order valence-corrected chi connectivity index (χ1v) is 9.00. The molecule has 0 aliphatic rings. The molecular formula is C15H25ClO3S. The summed E-state index contributed by atoms with van der Waals surface area (Å²) in [6.45, 7) is 13.6. The average Bonchev–Trinajstić information content (AvgIpc) is 2.25. The molecular weight excluding hydrogens is 296 g/mol. The molecule has 0 radical (unpaired) electrons. The maximum Gasteiger partial charge on any atom is 0.353 e. The van der Waals surface area contributed by atoms with Gasteiger partial charge in [0.25, 0.3) is 0 Å². The molecule has 0 saturated carbocycles. The zero-order valence-electron chi connectivity index (χ0n) is 13.0. The Hall–Kier alpha value is -0.580. The summed E-state index contributed by atoms with van der Waals surface area (Å²) < 4.78 is 25.2. The van der Waals surface area contributed by atoms with Crippen LogP contribution in [0.25, 0.3) is 0 Å². The maximum absolute atomic E-state index is 8.95. The Kier molecular flexibility index (Phi) is 7.78. The van der Waals surface area contributed by atoms with E-state index >= 15 is 0 Å². The first-order valence-electron chi connectivity index (χ1n) is 6.73. The van der Waals surface area contributed by atoms with E-state index in [9.17, 15) is 0 Å². The smallest absolute Gasteiger partial charge is 0.273 e. The Balaban J connectivity index is 0.000000621. The lowest BCUT2D eigenvalue weighted by atomic mass is 9.90. The molecule has 1 rings (SSSR count). The molecule has 0 unspecified atom stereocenters. The third kappa shape index (κ3) is 8.56. The van der Waals surface area contributed by atoms with E-state index in [0.717, 1.165) is 0 Å². The van der Waals surface area contributed by atoms with Gasteiger partial charge in [-0.25, -0.2) is 0 Å². The number of halogens is 1. The Labute approximate surface area is 127 Å². The molecule has 0 fully saturated rings. The lowest BCUT2D eigenvalue weighted by molar-refractivity contribution is 0.501. The molecule has 0 atom stereocenters. The second kappa shape index (κ2) is 8.01. The summed E-state index contributed by atoms with van der Waals surface area (Å²) in [5, 5.41) is 0. The monoisotopic (exact) mass is 320 g/mol. The summed E-state index contributed by atoms with van der Waals surface area (Å²) in [6, 6.07) is 7.09. The van der Waals surface area contributed by atoms with Crippen molar-refractivity contribution in [1.82, 2.24) is 0 Å². The van der Waals surface area contributed by atoms with Crippen LogP contribution in [0.2, 0.25) is 0 Å². The van der Waals surface area contributed by atoms with Crippen LogP contribution >= 0.6 is 10.7 Å². The van der Waals surface area contributed by atoms with E-state index in [1.807, 2.05) is 0 Å². The van der Waals surface area contributed by atoms with E-state index in [1.165, 1.54) is 16.7 Å². The van der Waals surface area contributed by atoms with E-state index in [-0.39, 0.29) is 0 Å². The third-order valence-electron chi connectivity index (χ3n) is 3.00. The minimum atomic E-state index is -4.19. The molecule has 0 aliphatic heterocycles. The molecule has 20 heavy (non-hydrogen) atoms. The van der Waals surface area contributed by atoms with Crippen molar-refractivity contribution in [2.75, 3.05) is 0 Å². The zero-order valence-corrected chi connectivity index (χ0v) is 14.6. The van der Waals surface area contributed by atoms with Crippen molar-refractivity contribution >= 4 is 20.0 Å². The molecule has 1 N–H and O–H groups in total. The fraction of sp³-hybridized carbons (Fsp3) is 0.600. The van der Waals surface area contributed by atoms with Gasteiger partial charge in [-0.15, -0.1) is 0 Å². The van der Waals surface area contributed by atoms with Gasteiger partial charge >= 0.3 is 9.33 Å². The minimum Gasteiger partial charge on any atom is -0.273 e. The minimum absolute atomic E-state index is 0.626. The molecule has 0 heterocycles. The normalized spacial score (nSPS) is 11.8. The molecule has 3 nitrogen and oxygen atoms in total. The largest absolute Gasteiger partial charge is 0.353 e. The molecule has 0 bridgehead atoms. The first-order chi connectivity index (χ1) is 8.91. The highest BCUT2D eigenvalue weighted by Gasteiger charge is 2.08. The van der Waals surface area contributed by atoms with Crippen molar-refractivity contribution in [3.8, 4) is 0 Å². The highest BCUT2D eigenvalue weighted by Crippen LogP contribution is 2.26. The Bertz CT molecular complexity index is 447. The second-order valence-corrected chi connectivity index (χ2v) is 7.80. The number of rotatable bonds is 3. The average molecular weight is 321 g/mol. The lowest BCUT2D eigenvalue weighted by Gasteiger charge is -2.16. The Morgan fingerprint density at radius 3 is 1.05 bits per heavy atom. The molecule has 0 amide bonds. The summed E-state index contributed by atoms with van der Waals surface area (Å²) >= 11 is 0. The van der Waals surface area contributed by atoms with Crippen molar-refractivity contribution < 1.29 is 13.0 Å². The highest BCUT2D eigenvalue weighted by atomic mass is 35.7. The Morgan fingerprint density at radius 1 is 0.800 bits per heavy atom. The van der Waals surface area contributed by atoms with Crippen LogP contribution in [-0.2, 0) is 9.33 Å². The van der Waals surface area contributed by atoms with Crippen LogP contribution in [0.1, 0.15) is 76.0 Å². The Morgan fingerprint density at radius 2 is 0.950 bits per heavy atom. The summed E-state index contributed by atoms with van der Waals surface area (Å²) in [4.78, 5) is 0. The van der Waals surface area contributed by atoms with Crippen LogP contribution in [0.3, 0.4) is 0 Å². The summed E-state index contributed by atoms with van der Waals surface area (Å²) in [5.41, 5.74) is 4.43. The van der Waals surface area contributed by atoms with Gasteiger partial charge < -0.3 is 0 Å². The SMILES string of the molecule is CC(C)c1cc(C(C)C)cc(C(C)C)c1.O=S(=O)(O)Cl. The van der Waals surface area contributed by atoms with E-state index < -0.39 is 9.33 Å². The molecule has 0 aromatic heterocycles. The van der Waals surface area contributed by atoms with E-state index in [1.54, 1.807) is 0 Å². The van der Waals surface area contributed by atoms with Crippen molar-refractivity contribution in [2.24, 2.45) is 0 Å². The first kappa shape index (κ1) is 19.4. The van der Waals surface area contributed by atoms with Gasteiger partial charge in [0, 0.05) is 10.7 Å². The van der Waals surface area contributed by atoms with Gasteiger partial charge in [0.05, 0.1) is 0 Å². The third-order valence-corrected chi connectivity index (χ3v) is 3.00. The van der Waals surface area contributed by atoms with Gasteiger partial charge in [-0.2, -0.15) is 8.42 Å². The van der Waals surface area contributed by atoms with Crippen LogP contribution in [0.15, 0.2) is 18.2 Å². The molecule has 1 aromatic carbocycles. The van der Waals surface area contributed by atoms with Crippen molar-refractivity contribution in [3.63, 3.8) is 0 Å². The fourth-order valence-electron chi connectivity index (χ4n) is 1.70. The molecule has 0 spiro atoms. The van der Waals surface area contributed by atoms with Crippen molar-refractivity contribution in [1.29, 1.82) is 0 Å². The summed E-state index contributed by atoms with van der Waals surface area (Å²) in [5.74, 6) is 1.88. The van der Waals surface area contributed by atoms with Crippen LogP contribution < -0.4 is 0 Å². The molecule has 0 aliphatic carbocycles. The predicted molar refractivity (Wildman–Crippen MR) is 86.1 cm³/mol. The van der Waals surface area contributed by atoms with Gasteiger partial charge in [0.2, 0.25) is 0 Å². The summed E-state index contributed by atoms with van der Waals surface area (Å²) in [7, 11) is -0.137. The summed E-state index contributed by atoms with van der Waals surface area (Å²) in [6.07, 6.45) is 0. The van der Waals surface area contributed by atoms with E-state index in [0.29, 0.717) is 17.8 Å². The van der Waals surface area contributed by atoms with Gasteiger partial charge in [-0.05, 0) is 34.4 Å². The van der Waals surface area contributed by atoms with Gasteiger partial charge in [0.15, 0.2) is 0 Å². The number of benzene rings is 1. The van der Waals surface area contributed by atoms with Gasteiger partial charge in [-0.1, -0.05) is 59.7 Å². The zero-order chi connectivity index (χ0) is 16.1. The molecule has 1 aromatic rings. The topological polar surface area (TPSA) is 54.4 Å². The maximum atomic E-state index is 8.95. The molecule has 0 saturated heterocycles. The van der Waals surface area contributed by atoms with Crippen LogP contribution in [0.4, 0.5) is 0 Å². The quantitative estimate of drug-likeness (QED) is 0.623. The molecule has 5 heteroatoms. The predicted octanol–water partition coefficient (Wildman–Crippen LogP) is 5.08. The van der Waals surface area contributed by atoms with E-state index in [2.05, 4.69) is 70.4 Å².